The molecule has 6 heteroatoms. The van der Waals surface area contributed by atoms with Gasteiger partial charge in [-0.1, -0.05) is 12.0 Å². The van der Waals surface area contributed by atoms with Gasteiger partial charge in [-0.2, -0.15) is 8.42 Å². The van der Waals surface area contributed by atoms with Gasteiger partial charge < -0.3 is 4.90 Å². The predicted octanol–water partition coefficient (Wildman–Crippen LogP) is 1.07. The van der Waals surface area contributed by atoms with Crippen molar-refractivity contribution in [2.24, 2.45) is 0 Å². The molecule has 0 N–H and O–H groups in total. The van der Waals surface area contributed by atoms with E-state index >= 15 is 0 Å². The van der Waals surface area contributed by atoms with E-state index in [0.29, 0.717) is 11.3 Å². The van der Waals surface area contributed by atoms with Gasteiger partial charge in [-0.15, -0.1) is 10.3 Å². The van der Waals surface area contributed by atoms with Crippen LogP contribution >= 0.6 is 0 Å². The summed E-state index contributed by atoms with van der Waals surface area (Å²) in [6.45, 7) is -0.175. The maximum absolute atomic E-state index is 12.9. The standard InChI is InChI=1S/C12H10FNO3S/c1-2-9-4-3-5-10(6-9)14-8-11(7-12(14)15)18(13,16)17/h1,3-6,11H,7-8H2. The van der Waals surface area contributed by atoms with Crippen LogP contribution in [0.1, 0.15) is 12.0 Å². The second-order valence-electron chi connectivity index (χ2n) is 4.00. The molecule has 1 heterocycles. The Morgan fingerprint density at radius 1 is 1.44 bits per heavy atom. The molecule has 4 nitrogen and oxygen atoms in total. The molecule has 1 aliphatic rings. The van der Waals surface area contributed by atoms with Gasteiger partial charge in [0.05, 0.1) is 0 Å². The van der Waals surface area contributed by atoms with Gasteiger partial charge in [0, 0.05) is 24.2 Å². The van der Waals surface area contributed by atoms with Gasteiger partial charge >= 0.3 is 10.2 Å². The summed E-state index contributed by atoms with van der Waals surface area (Å²) in [6, 6.07) is 6.57. The molecule has 2 rings (SSSR count). The lowest BCUT2D eigenvalue weighted by molar-refractivity contribution is -0.117. The molecule has 0 spiro atoms. The van der Waals surface area contributed by atoms with Crippen molar-refractivity contribution in [3.8, 4) is 12.3 Å². The van der Waals surface area contributed by atoms with E-state index in [1.807, 2.05) is 0 Å². The van der Waals surface area contributed by atoms with Crippen molar-refractivity contribution in [1.29, 1.82) is 0 Å². The number of benzene rings is 1. The first-order chi connectivity index (χ1) is 8.41. The molecule has 1 aromatic rings. The van der Waals surface area contributed by atoms with Crippen LogP contribution in [0.4, 0.5) is 9.57 Å². The Labute approximate surface area is 105 Å². The summed E-state index contributed by atoms with van der Waals surface area (Å²) in [5.74, 6) is 2.00. The third-order valence-electron chi connectivity index (χ3n) is 2.81. The lowest BCUT2D eigenvalue weighted by atomic mass is 10.2. The molecule has 1 aromatic carbocycles. The van der Waals surface area contributed by atoms with Crippen LogP contribution in [0.25, 0.3) is 0 Å². The summed E-state index contributed by atoms with van der Waals surface area (Å²) < 4.78 is 34.5. The zero-order valence-corrected chi connectivity index (χ0v) is 10.2. The number of rotatable bonds is 2. The van der Waals surface area contributed by atoms with Gasteiger partial charge in [0.1, 0.15) is 5.25 Å². The van der Waals surface area contributed by atoms with E-state index < -0.39 is 21.4 Å². The topological polar surface area (TPSA) is 54.5 Å². The highest BCUT2D eigenvalue weighted by Gasteiger charge is 2.39. The Balaban J connectivity index is 2.30. The average molecular weight is 267 g/mol. The number of carbonyl (C=O) groups is 1. The Kier molecular flexibility index (Phi) is 3.09. The van der Waals surface area contributed by atoms with Crippen molar-refractivity contribution in [1.82, 2.24) is 0 Å². The summed E-state index contributed by atoms with van der Waals surface area (Å²) in [6.07, 6.45) is 4.91. The minimum Gasteiger partial charge on any atom is -0.311 e. The lowest BCUT2D eigenvalue weighted by Crippen LogP contribution is -2.26. The quantitative estimate of drug-likeness (QED) is 0.595. The monoisotopic (exact) mass is 267 g/mol. The number of hydrogen-bond donors (Lipinski definition) is 0. The van der Waals surface area contributed by atoms with E-state index in [1.54, 1.807) is 24.3 Å². The van der Waals surface area contributed by atoms with Crippen molar-refractivity contribution in [2.75, 3.05) is 11.4 Å². The molecule has 0 bridgehead atoms. The van der Waals surface area contributed by atoms with Crippen molar-refractivity contribution in [3.05, 3.63) is 29.8 Å². The molecule has 1 atom stereocenters. The van der Waals surface area contributed by atoms with E-state index in [4.69, 9.17) is 6.42 Å². The van der Waals surface area contributed by atoms with E-state index in [-0.39, 0.29) is 13.0 Å². The minimum atomic E-state index is -4.69. The van der Waals surface area contributed by atoms with Crippen LogP contribution in [0.5, 0.6) is 0 Å². The van der Waals surface area contributed by atoms with Crippen LogP contribution < -0.4 is 4.90 Å². The van der Waals surface area contributed by atoms with E-state index in [1.165, 1.54) is 4.90 Å². The first-order valence-electron chi connectivity index (χ1n) is 5.22. The molecule has 1 aliphatic heterocycles. The second kappa shape index (κ2) is 4.42. The molecule has 94 valence electrons. The minimum absolute atomic E-state index is 0.175. The maximum Gasteiger partial charge on any atom is 0.307 e. The van der Waals surface area contributed by atoms with Crippen molar-refractivity contribution >= 4 is 21.8 Å². The third-order valence-corrected chi connectivity index (χ3v) is 3.92. The Hall–Kier alpha value is -1.87. The zero-order chi connectivity index (χ0) is 13.3. The molecule has 0 aliphatic carbocycles. The second-order valence-corrected chi connectivity index (χ2v) is 5.62. The van der Waals surface area contributed by atoms with Gasteiger partial charge in [0.25, 0.3) is 0 Å². The largest absolute Gasteiger partial charge is 0.311 e. The number of anilines is 1. The van der Waals surface area contributed by atoms with E-state index in [9.17, 15) is 17.1 Å². The van der Waals surface area contributed by atoms with Gasteiger partial charge in [-0.25, -0.2) is 0 Å². The molecule has 0 radical (unpaired) electrons. The highest BCUT2D eigenvalue weighted by molar-refractivity contribution is 7.87. The molecule has 1 saturated heterocycles. The Morgan fingerprint density at radius 2 is 2.17 bits per heavy atom. The summed E-state index contributed by atoms with van der Waals surface area (Å²) in [5.41, 5.74) is 1.06. The van der Waals surface area contributed by atoms with Gasteiger partial charge in [-0.3, -0.25) is 4.79 Å². The Morgan fingerprint density at radius 3 is 2.72 bits per heavy atom. The van der Waals surface area contributed by atoms with Gasteiger partial charge in [0.15, 0.2) is 0 Å². The normalized spacial score (nSPS) is 19.9. The van der Waals surface area contributed by atoms with E-state index in [2.05, 4.69) is 5.92 Å². The first-order valence-corrected chi connectivity index (χ1v) is 6.67. The third kappa shape index (κ3) is 2.36. The number of terminal acetylenes is 1. The predicted molar refractivity (Wildman–Crippen MR) is 65.2 cm³/mol. The fourth-order valence-electron chi connectivity index (χ4n) is 1.88. The fraction of sp³-hybridized carbons (Fsp3) is 0.250. The van der Waals surface area contributed by atoms with Crippen LogP contribution in [0, 0.1) is 12.3 Å². The number of hydrogen-bond acceptors (Lipinski definition) is 3. The molecular formula is C12H10FNO3S. The van der Waals surface area contributed by atoms with E-state index in [0.717, 1.165) is 0 Å². The number of carbonyl (C=O) groups excluding carboxylic acids is 1. The number of halogens is 1. The Bertz CT molecular complexity index is 633. The van der Waals surface area contributed by atoms with Crippen molar-refractivity contribution in [2.45, 2.75) is 11.7 Å². The smallest absolute Gasteiger partial charge is 0.307 e. The molecule has 1 amide bonds. The molecule has 18 heavy (non-hydrogen) atoms. The summed E-state index contributed by atoms with van der Waals surface area (Å²) in [4.78, 5) is 12.9. The fourth-order valence-corrected chi connectivity index (χ4v) is 2.55. The highest BCUT2D eigenvalue weighted by Crippen LogP contribution is 2.26. The zero-order valence-electron chi connectivity index (χ0n) is 9.34. The van der Waals surface area contributed by atoms with Crippen LogP contribution in [-0.2, 0) is 15.0 Å². The van der Waals surface area contributed by atoms with Crippen molar-refractivity contribution in [3.63, 3.8) is 0 Å². The average Bonchev–Trinajstić information content (AvgIpc) is 2.71. The number of amides is 1. The maximum atomic E-state index is 12.9. The SMILES string of the molecule is C#Cc1cccc(N2CC(S(=O)(=O)F)CC2=O)c1. The van der Waals surface area contributed by atoms with Gasteiger partial charge in [0.2, 0.25) is 5.91 Å². The molecule has 0 aromatic heterocycles. The molecule has 0 saturated carbocycles. The first kappa shape index (κ1) is 12.6. The van der Waals surface area contributed by atoms with Crippen molar-refractivity contribution < 1.29 is 17.1 Å². The van der Waals surface area contributed by atoms with Crippen LogP contribution in [0.15, 0.2) is 24.3 Å². The van der Waals surface area contributed by atoms with Crippen LogP contribution in [0.2, 0.25) is 0 Å². The highest BCUT2D eigenvalue weighted by atomic mass is 32.3. The molecule has 1 unspecified atom stereocenters. The van der Waals surface area contributed by atoms with Gasteiger partial charge in [-0.05, 0) is 18.2 Å². The van der Waals surface area contributed by atoms with Crippen LogP contribution in [-0.4, -0.2) is 26.1 Å². The summed E-state index contributed by atoms with van der Waals surface area (Å²) >= 11 is 0. The summed E-state index contributed by atoms with van der Waals surface area (Å²) in [5, 5.41) is -1.29. The van der Waals surface area contributed by atoms with Crippen LogP contribution in [0.3, 0.4) is 0 Å². The molecular weight excluding hydrogens is 257 g/mol. The molecule has 1 fully saturated rings. The number of nitrogens with zero attached hydrogens (tertiary/aromatic N) is 1. The summed E-state index contributed by atoms with van der Waals surface area (Å²) in [7, 11) is -4.69. The lowest BCUT2D eigenvalue weighted by Gasteiger charge is -2.16.